The Labute approximate surface area is 206 Å². The van der Waals surface area contributed by atoms with E-state index in [2.05, 4.69) is 0 Å². The molecule has 1 atom stereocenters. The van der Waals surface area contributed by atoms with Crippen LogP contribution in [-0.2, 0) is 4.79 Å². The van der Waals surface area contributed by atoms with E-state index >= 15 is 0 Å². The Morgan fingerprint density at radius 3 is 2.44 bits per heavy atom. The van der Waals surface area contributed by atoms with Gasteiger partial charge in [-0.3, -0.25) is 14.7 Å². The van der Waals surface area contributed by atoms with E-state index in [1.165, 1.54) is 23.9 Å². The van der Waals surface area contributed by atoms with Crippen LogP contribution in [0.1, 0.15) is 18.5 Å². The standard InChI is InChI=1S/C26H22FN3O2S2/c1-16(17-7-5-4-6-8-17)28-26-30(19-11-9-18(27)10-12-19)24(31)23(34-26)25-29(2)21-15-20(32-3)13-14-22(21)33-25/h4-16H,1-3H3/b25-23-,28-26?. The molecule has 0 spiro atoms. The maximum absolute atomic E-state index is 13.7. The third-order valence-corrected chi connectivity index (χ3v) is 8.09. The first-order valence-electron chi connectivity index (χ1n) is 10.7. The predicted molar refractivity (Wildman–Crippen MR) is 138 cm³/mol. The molecule has 2 aliphatic rings. The zero-order chi connectivity index (χ0) is 23.8. The number of nitrogens with zero attached hydrogens (tertiary/aromatic N) is 3. The van der Waals surface area contributed by atoms with Gasteiger partial charge in [0.15, 0.2) is 5.17 Å². The fourth-order valence-corrected chi connectivity index (χ4v) is 6.22. The molecule has 5 nitrogen and oxygen atoms in total. The summed E-state index contributed by atoms with van der Waals surface area (Å²) in [7, 11) is 3.58. The van der Waals surface area contributed by atoms with E-state index in [4.69, 9.17) is 9.73 Å². The van der Waals surface area contributed by atoms with Gasteiger partial charge in [0, 0.05) is 18.0 Å². The van der Waals surface area contributed by atoms with Crippen molar-refractivity contribution in [3.63, 3.8) is 0 Å². The maximum Gasteiger partial charge on any atom is 0.274 e. The molecule has 2 heterocycles. The lowest BCUT2D eigenvalue weighted by molar-refractivity contribution is -0.113. The predicted octanol–water partition coefficient (Wildman–Crippen LogP) is 6.44. The van der Waals surface area contributed by atoms with Crippen molar-refractivity contribution in [3.8, 4) is 5.75 Å². The number of carbonyl (C=O) groups excluding carboxylic acids is 1. The van der Waals surface area contributed by atoms with Crippen LogP contribution >= 0.6 is 23.5 Å². The lowest BCUT2D eigenvalue weighted by Crippen LogP contribution is -2.29. The van der Waals surface area contributed by atoms with Gasteiger partial charge in [-0.1, -0.05) is 42.1 Å². The molecule has 34 heavy (non-hydrogen) atoms. The summed E-state index contributed by atoms with van der Waals surface area (Å²) in [6, 6.07) is 21.6. The van der Waals surface area contributed by atoms with Crippen molar-refractivity contribution in [1.29, 1.82) is 0 Å². The highest BCUT2D eigenvalue weighted by Gasteiger charge is 2.40. The molecule has 2 aliphatic heterocycles. The SMILES string of the molecule is COc1ccc2c(c1)N(C)/C(=C1/SC(=NC(C)c3ccccc3)N(c3ccc(F)cc3)C1=O)S2. The van der Waals surface area contributed by atoms with Crippen LogP contribution in [0.15, 0.2) is 92.6 Å². The number of halogens is 1. The van der Waals surface area contributed by atoms with Crippen LogP contribution in [0.25, 0.3) is 0 Å². The van der Waals surface area contributed by atoms with Crippen LogP contribution in [0, 0.1) is 5.82 Å². The molecule has 3 aromatic carbocycles. The van der Waals surface area contributed by atoms with Gasteiger partial charge in [-0.15, -0.1) is 0 Å². The van der Waals surface area contributed by atoms with Gasteiger partial charge in [0.1, 0.15) is 16.5 Å². The van der Waals surface area contributed by atoms with E-state index in [0.29, 0.717) is 15.8 Å². The van der Waals surface area contributed by atoms with E-state index in [1.54, 1.807) is 35.9 Å². The van der Waals surface area contributed by atoms with Crippen molar-refractivity contribution in [2.24, 2.45) is 4.99 Å². The topological polar surface area (TPSA) is 45.1 Å². The number of ether oxygens (including phenoxy) is 1. The van der Waals surface area contributed by atoms with E-state index in [1.807, 2.05) is 67.4 Å². The second-order valence-electron chi connectivity index (χ2n) is 7.85. The molecule has 0 N–H and O–H groups in total. The van der Waals surface area contributed by atoms with E-state index < -0.39 is 0 Å². The minimum atomic E-state index is -0.353. The summed E-state index contributed by atoms with van der Waals surface area (Å²) in [5.74, 6) is 0.229. The molecule has 1 saturated heterocycles. The number of amides is 1. The average Bonchev–Trinajstić information content (AvgIpc) is 3.35. The number of thioether (sulfide) groups is 2. The zero-order valence-corrected chi connectivity index (χ0v) is 20.5. The first kappa shape index (κ1) is 22.6. The van der Waals surface area contributed by atoms with E-state index in [-0.39, 0.29) is 17.8 Å². The Bertz CT molecular complexity index is 1310. The molecule has 8 heteroatoms. The molecule has 172 valence electrons. The van der Waals surface area contributed by atoms with Crippen molar-refractivity contribution in [2.45, 2.75) is 17.9 Å². The monoisotopic (exact) mass is 491 g/mol. The van der Waals surface area contributed by atoms with Crippen molar-refractivity contribution >= 4 is 46.0 Å². The Kier molecular flexibility index (Phi) is 6.10. The molecule has 0 radical (unpaired) electrons. The fourth-order valence-electron chi connectivity index (χ4n) is 3.83. The molecule has 3 aromatic rings. The molecule has 5 rings (SSSR count). The number of benzene rings is 3. The summed E-state index contributed by atoms with van der Waals surface area (Å²) < 4.78 is 19.0. The molecular weight excluding hydrogens is 469 g/mol. The molecule has 1 amide bonds. The van der Waals surface area contributed by atoms with Gasteiger partial charge in [0.25, 0.3) is 5.91 Å². The van der Waals surface area contributed by atoms with Gasteiger partial charge in [0.05, 0.1) is 29.6 Å². The molecule has 0 saturated carbocycles. The Balaban J connectivity index is 1.57. The Morgan fingerprint density at radius 1 is 1.00 bits per heavy atom. The van der Waals surface area contributed by atoms with Crippen LogP contribution in [-0.4, -0.2) is 25.2 Å². The van der Waals surface area contributed by atoms with Gasteiger partial charge in [-0.05, 0) is 60.6 Å². The third kappa shape index (κ3) is 4.08. The normalized spacial score (nSPS) is 19.6. The fraction of sp³-hybridized carbons (Fsp3) is 0.154. The first-order valence-corrected chi connectivity index (χ1v) is 12.3. The number of methoxy groups -OCH3 is 1. The van der Waals surface area contributed by atoms with Crippen LogP contribution < -0.4 is 14.5 Å². The zero-order valence-electron chi connectivity index (χ0n) is 18.9. The minimum absolute atomic E-state index is 0.154. The number of hydrogen-bond acceptors (Lipinski definition) is 6. The first-order chi connectivity index (χ1) is 16.5. The Hall–Kier alpha value is -3.23. The largest absolute Gasteiger partial charge is 0.497 e. The van der Waals surface area contributed by atoms with Crippen molar-refractivity contribution in [2.75, 3.05) is 24.0 Å². The molecular formula is C26H22FN3O2S2. The number of rotatable bonds is 4. The second kappa shape index (κ2) is 9.19. The summed E-state index contributed by atoms with van der Waals surface area (Å²) in [5, 5.41) is 1.40. The summed E-state index contributed by atoms with van der Waals surface area (Å²) in [4.78, 5) is 23.9. The molecule has 0 bridgehead atoms. The van der Waals surface area contributed by atoms with Crippen LogP contribution in [0.3, 0.4) is 0 Å². The summed E-state index contributed by atoms with van der Waals surface area (Å²) >= 11 is 2.90. The average molecular weight is 492 g/mol. The quantitative estimate of drug-likeness (QED) is 0.393. The number of anilines is 2. The number of aliphatic imine (C=N–C) groups is 1. The summed E-state index contributed by atoms with van der Waals surface area (Å²) in [5.41, 5.74) is 2.62. The molecule has 0 aromatic heterocycles. The van der Waals surface area contributed by atoms with Gasteiger partial charge in [-0.25, -0.2) is 4.39 Å². The van der Waals surface area contributed by atoms with Gasteiger partial charge < -0.3 is 9.64 Å². The summed E-state index contributed by atoms with van der Waals surface area (Å²) in [6.07, 6.45) is 0. The summed E-state index contributed by atoms with van der Waals surface area (Å²) in [6.45, 7) is 2.00. The highest BCUT2D eigenvalue weighted by Crippen LogP contribution is 2.51. The number of hydrogen-bond donors (Lipinski definition) is 0. The third-order valence-electron chi connectivity index (χ3n) is 5.69. The van der Waals surface area contributed by atoms with E-state index in [0.717, 1.165) is 26.9 Å². The smallest absolute Gasteiger partial charge is 0.274 e. The van der Waals surface area contributed by atoms with Crippen LogP contribution in [0.2, 0.25) is 0 Å². The highest BCUT2D eigenvalue weighted by atomic mass is 32.2. The van der Waals surface area contributed by atoms with Gasteiger partial charge >= 0.3 is 0 Å². The highest BCUT2D eigenvalue weighted by molar-refractivity contribution is 8.20. The lowest BCUT2D eigenvalue weighted by Gasteiger charge is -2.18. The molecule has 1 fully saturated rings. The number of fused-ring (bicyclic) bond motifs is 1. The van der Waals surface area contributed by atoms with Crippen molar-refractivity contribution in [3.05, 3.63) is 94.1 Å². The second-order valence-corrected chi connectivity index (χ2v) is 9.85. The lowest BCUT2D eigenvalue weighted by atomic mass is 10.1. The minimum Gasteiger partial charge on any atom is -0.497 e. The van der Waals surface area contributed by atoms with Crippen molar-refractivity contribution < 1.29 is 13.9 Å². The number of carbonyl (C=O) groups is 1. The number of amidine groups is 1. The van der Waals surface area contributed by atoms with Gasteiger partial charge in [-0.2, -0.15) is 0 Å². The van der Waals surface area contributed by atoms with Crippen LogP contribution in [0.4, 0.5) is 15.8 Å². The van der Waals surface area contributed by atoms with Crippen molar-refractivity contribution in [1.82, 2.24) is 0 Å². The van der Waals surface area contributed by atoms with E-state index in [9.17, 15) is 9.18 Å². The van der Waals surface area contributed by atoms with Crippen LogP contribution in [0.5, 0.6) is 5.75 Å². The maximum atomic E-state index is 13.7. The van der Waals surface area contributed by atoms with Gasteiger partial charge in [0.2, 0.25) is 0 Å². The molecule has 1 unspecified atom stereocenters. The molecule has 0 aliphatic carbocycles. The Morgan fingerprint density at radius 2 is 1.74 bits per heavy atom.